The van der Waals surface area contributed by atoms with E-state index in [0.29, 0.717) is 22.7 Å². The third-order valence-corrected chi connectivity index (χ3v) is 4.74. The average Bonchev–Trinajstić information content (AvgIpc) is 2.59. The Hall–Kier alpha value is -1.47. The molecule has 25 heavy (non-hydrogen) atoms. The summed E-state index contributed by atoms with van der Waals surface area (Å²) >= 11 is 15.2. The molecule has 2 aromatic carbocycles. The van der Waals surface area contributed by atoms with E-state index in [1.54, 1.807) is 35.2 Å². The molecule has 7 heteroatoms. The molecule has 0 aliphatic heterocycles. The number of amides is 1. The third-order valence-electron chi connectivity index (χ3n) is 3.63. The summed E-state index contributed by atoms with van der Waals surface area (Å²) in [5.74, 6) is -0.294. The van der Waals surface area contributed by atoms with E-state index in [0.717, 1.165) is 4.47 Å². The molecule has 1 unspecified atom stereocenters. The zero-order valence-corrected chi connectivity index (χ0v) is 16.7. The minimum atomic E-state index is -0.294. The van der Waals surface area contributed by atoms with Crippen LogP contribution in [0.5, 0.6) is 0 Å². The van der Waals surface area contributed by atoms with Gasteiger partial charge in [-0.1, -0.05) is 45.7 Å². The Labute approximate surface area is 165 Å². The number of aliphatic hydroxyl groups is 1. The lowest BCUT2D eigenvalue weighted by atomic mass is 10.2. The van der Waals surface area contributed by atoms with Crippen molar-refractivity contribution in [2.75, 3.05) is 11.5 Å². The van der Waals surface area contributed by atoms with Gasteiger partial charge in [0.2, 0.25) is 0 Å². The third kappa shape index (κ3) is 5.25. The highest BCUT2D eigenvalue weighted by Crippen LogP contribution is 2.31. The van der Waals surface area contributed by atoms with E-state index >= 15 is 0 Å². The molecule has 0 saturated carbocycles. The van der Waals surface area contributed by atoms with Crippen LogP contribution >= 0.6 is 39.7 Å². The molecule has 1 atom stereocenters. The maximum atomic E-state index is 12.4. The van der Waals surface area contributed by atoms with Gasteiger partial charge in [0.25, 0.3) is 5.91 Å². The van der Waals surface area contributed by atoms with Gasteiger partial charge in [-0.3, -0.25) is 10.1 Å². The first-order chi connectivity index (χ1) is 11.9. The fourth-order valence-electron chi connectivity index (χ4n) is 2.35. The minimum Gasteiger partial charge on any atom is -0.396 e. The summed E-state index contributed by atoms with van der Waals surface area (Å²) in [5.41, 5.74) is 1.18. The van der Waals surface area contributed by atoms with Gasteiger partial charge in [-0.2, -0.15) is 0 Å². The molecule has 2 rings (SSSR count). The summed E-state index contributed by atoms with van der Waals surface area (Å²) < 4.78 is 0.838. The van der Waals surface area contributed by atoms with E-state index in [9.17, 15) is 9.90 Å². The second-order valence-electron chi connectivity index (χ2n) is 5.45. The summed E-state index contributed by atoms with van der Waals surface area (Å²) in [6.45, 7) is 1.91. The van der Waals surface area contributed by atoms with Gasteiger partial charge >= 0.3 is 0 Å². The van der Waals surface area contributed by atoms with Gasteiger partial charge in [-0.25, -0.2) is 0 Å². The van der Waals surface area contributed by atoms with Crippen LogP contribution in [0.4, 0.5) is 5.69 Å². The molecule has 1 amide bonds. The van der Waals surface area contributed by atoms with Crippen molar-refractivity contribution in [1.82, 2.24) is 5.32 Å². The number of nitrogens with zero attached hydrogens (tertiary/aromatic N) is 1. The van der Waals surface area contributed by atoms with Gasteiger partial charge in [0.05, 0.1) is 10.7 Å². The number of aliphatic hydroxyl groups excluding tert-OH is 1. The highest BCUT2D eigenvalue weighted by Gasteiger charge is 2.23. The molecular formula is C18H18BrClN2O2S. The molecule has 0 radical (unpaired) electrons. The number of thiocarbonyl (C=S) groups is 1. The van der Waals surface area contributed by atoms with E-state index in [1.165, 1.54) is 0 Å². The number of carbonyl (C=O) groups is 1. The molecule has 2 aromatic rings. The van der Waals surface area contributed by atoms with Crippen molar-refractivity contribution >= 4 is 56.5 Å². The van der Waals surface area contributed by atoms with Crippen LogP contribution in [0, 0.1) is 0 Å². The summed E-state index contributed by atoms with van der Waals surface area (Å²) in [5, 5.41) is 12.8. The molecule has 2 N–H and O–H groups in total. The number of hydrogen-bond acceptors (Lipinski definition) is 3. The van der Waals surface area contributed by atoms with Crippen molar-refractivity contribution < 1.29 is 9.90 Å². The lowest BCUT2D eigenvalue weighted by Crippen LogP contribution is -2.47. The van der Waals surface area contributed by atoms with Gasteiger partial charge in [-0.15, -0.1) is 0 Å². The normalized spacial score (nSPS) is 11.7. The van der Waals surface area contributed by atoms with Crippen LogP contribution in [0.15, 0.2) is 53.0 Å². The second kappa shape index (κ2) is 9.29. The van der Waals surface area contributed by atoms with Crippen molar-refractivity contribution in [3.8, 4) is 0 Å². The van der Waals surface area contributed by atoms with Crippen LogP contribution in [-0.4, -0.2) is 28.8 Å². The van der Waals surface area contributed by atoms with E-state index in [4.69, 9.17) is 23.8 Å². The highest BCUT2D eigenvalue weighted by molar-refractivity contribution is 9.10. The average molecular weight is 442 g/mol. The van der Waals surface area contributed by atoms with Crippen molar-refractivity contribution in [2.24, 2.45) is 0 Å². The fourth-order valence-corrected chi connectivity index (χ4v) is 3.28. The molecule has 0 aliphatic carbocycles. The lowest BCUT2D eigenvalue weighted by Gasteiger charge is -2.32. The molecule has 132 valence electrons. The zero-order valence-electron chi connectivity index (χ0n) is 13.6. The molecule has 4 nitrogen and oxygen atoms in total. The van der Waals surface area contributed by atoms with E-state index in [1.807, 2.05) is 25.1 Å². The van der Waals surface area contributed by atoms with Gasteiger partial charge in [-0.05, 0) is 55.9 Å². The van der Waals surface area contributed by atoms with Crippen LogP contribution in [0.25, 0.3) is 0 Å². The van der Waals surface area contributed by atoms with E-state index < -0.39 is 0 Å². The molecule has 0 saturated heterocycles. The van der Waals surface area contributed by atoms with E-state index in [-0.39, 0.29) is 23.7 Å². The molecule has 0 aliphatic rings. The number of hydrogen-bond donors (Lipinski definition) is 2. The Bertz CT molecular complexity index is 758. The van der Waals surface area contributed by atoms with Crippen molar-refractivity contribution in [2.45, 2.75) is 19.4 Å². The second-order valence-corrected chi connectivity index (χ2v) is 7.16. The lowest BCUT2D eigenvalue weighted by molar-refractivity contribution is 0.0977. The summed E-state index contributed by atoms with van der Waals surface area (Å²) in [6, 6.07) is 14.1. The van der Waals surface area contributed by atoms with E-state index in [2.05, 4.69) is 21.2 Å². The number of benzene rings is 2. The molecule has 0 spiro atoms. The van der Waals surface area contributed by atoms with Gasteiger partial charge in [0, 0.05) is 22.7 Å². The fraction of sp³-hybridized carbons (Fsp3) is 0.222. The highest BCUT2D eigenvalue weighted by atomic mass is 79.9. The van der Waals surface area contributed by atoms with Crippen LogP contribution in [0.2, 0.25) is 5.02 Å². The van der Waals surface area contributed by atoms with Crippen LogP contribution < -0.4 is 10.2 Å². The van der Waals surface area contributed by atoms with Gasteiger partial charge in [0.15, 0.2) is 5.11 Å². The first-order valence-electron chi connectivity index (χ1n) is 7.69. The van der Waals surface area contributed by atoms with Gasteiger partial charge < -0.3 is 10.0 Å². The molecule has 0 fully saturated rings. The Balaban J connectivity index is 2.30. The van der Waals surface area contributed by atoms with Gasteiger partial charge in [0.1, 0.15) is 0 Å². The number of rotatable bonds is 5. The van der Waals surface area contributed by atoms with Crippen LogP contribution in [0.3, 0.4) is 0 Å². The number of anilines is 1. The maximum absolute atomic E-state index is 12.4. The van der Waals surface area contributed by atoms with Crippen molar-refractivity contribution in [1.29, 1.82) is 0 Å². The number of carbonyl (C=O) groups excluding carboxylic acids is 1. The molecule has 0 bridgehead atoms. The Kier molecular flexibility index (Phi) is 7.38. The Morgan fingerprint density at radius 2 is 2.00 bits per heavy atom. The van der Waals surface area contributed by atoms with Crippen LogP contribution in [0.1, 0.15) is 23.7 Å². The number of halogens is 2. The largest absolute Gasteiger partial charge is 0.396 e. The molecule has 0 aromatic heterocycles. The smallest absolute Gasteiger partial charge is 0.257 e. The topological polar surface area (TPSA) is 52.6 Å². The summed E-state index contributed by atoms with van der Waals surface area (Å²) in [4.78, 5) is 14.2. The number of nitrogens with one attached hydrogen (secondary N) is 1. The zero-order chi connectivity index (χ0) is 18.4. The first-order valence-corrected chi connectivity index (χ1v) is 9.27. The maximum Gasteiger partial charge on any atom is 0.257 e. The van der Waals surface area contributed by atoms with Crippen molar-refractivity contribution in [3.05, 3.63) is 63.6 Å². The quantitative estimate of drug-likeness (QED) is 0.676. The predicted molar refractivity (Wildman–Crippen MR) is 109 cm³/mol. The summed E-state index contributed by atoms with van der Waals surface area (Å²) in [7, 11) is 0. The standard InChI is InChI=1S/C18H18BrClN2O2S/c1-12(9-10-23)22(16-11-14(19)7-8-15(16)20)18(25)21-17(24)13-5-3-2-4-6-13/h2-8,11-12,23H,9-10H2,1H3,(H,21,24,25). The Morgan fingerprint density at radius 1 is 1.32 bits per heavy atom. The van der Waals surface area contributed by atoms with Crippen molar-refractivity contribution in [3.63, 3.8) is 0 Å². The monoisotopic (exact) mass is 440 g/mol. The van der Waals surface area contributed by atoms with Crippen LogP contribution in [-0.2, 0) is 0 Å². The Morgan fingerprint density at radius 3 is 2.64 bits per heavy atom. The molecular weight excluding hydrogens is 424 g/mol. The minimum absolute atomic E-state index is 0.00145. The first kappa shape index (κ1) is 19.8. The predicted octanol–water partition coefficient (Wildman–Crippen LogP) is 4.39. The SMILES string of the molecule is CC(CCO)N(C(=S)NC(=O)c1ccccc1)c1cc(Br)ccc1Cl. The summed E-state index contributed by atoms with van der Waals surface area (Å²) in [6.07, 6.45) is 0.476. The molecule has 0 heterocycles.